The normalized spacial score (nSPS) is 22.9. The molecule has 1 fully saturated rings. The SMILES string of the molecule is OC(CO/N=C1\CCCc2sccc21)CN1CCCC1. The first-order valence-electron chi connectivity index (χ1n) is 7.49. The van der Waals surface area contributed by atoms with Crippen LogP contribution in [0.25, 0.3) is 0 Å². The lowest BCUT2D eigenvalue weighted by molar-refractivity contribution is 0.0228. The number of aliphatic hydroxyl groups is 1. The zero-order valence-electron chi connectivity index (χ0n) is 11.8. The molecule has 0 bridgehead atoms. The maximum atomic E-state index is 9.96. The third-order valence-electron chi connectivity index (χ3n) is 3.98. The predicted octanol–water partition coefficient (Wildman–Crippen LogP) is 2.26. The summed E-state index contributed by atoms with van der Waals surface area (Å²) in [6, 6.07) is 2.13. The Morgan fingerprint density at radius 3 is 3.00 bits per heavy atom. The first kappa shape index (κ1) is 14.0. The minimum atomic E-state index is -0.442. The second-order valence-electron chi connectivity index (χ2n) is 5.61. The molecule has 2 heterocycles. The van der Waals surface area contributed by atoms with E-state index in [2.05, 4.69) is 21.5 Å². The van der Waals surface area contributed by atoms with Crippen LogP contribution in [-0.4, -0.2) is 48.1 Å². The molecule has 0 amide bonds. The lowest BCUT2D eigenvalue weighted by Crippen LogP contribution is -2.32. The van der Waals surface area contributed by atoms with Crippen LogP contribution in [0, 0.1) is 0 Å². The number of hydrogen-bond acceptors (Lipinski definition) is 5. The molecule has 0 radical (unpaired) electrons. The topological polar surface area (TPSA) is 45.1 Å². The van der Waals surface area contributed by atoms with Gasteiger partial charge in [0.05, 0.1) is 5.71 Å². The summed E-state index contributed by atoms with van der Waals surface area (Å²) in [5.41, 5.74) is 2.29. The molecule has 110 valence electrons. The van der Waals surface area contributed by atoms with Crippen molar-refractivity contribution < 1.29 is 9.94 Å². The Morgan fingerprint density at radius 2 is 2.15 bits per heavy atom. The van der Waals surface area contributed by atoms with Gasteiger partial charge in [-0.3, -0.25) is 0 Å². The van der Waals surface area contributed by atoms with Crippen molar-refractivity contribution in [1.29, 1.82) is 0 Å². The zero-order chi connectivity index (χ0) is 13.8. The number of hydrogen-bond donors (Lipinski definition) is 1. The van der Waals surface area contributed by atoms with E-state index in [1.54, 1.807) is 11.3 Å². The van der Waals surface area contributed by atoms with Crippen LogP contribution in [0.1, 0.15) is 36.1 Å². The Kier molecular flexibility index (Phi) is 4.70. The van der Waals surface area contributed by atoms with E-state index in [1.807, 2.05) is 0 Å². The van der Waals surface area contributed by atoms with E-state index in [9.17, 15) is 5.11 Å². The highest BCUT2D eigenvalue weighted by molar-refractivity contribution is 7.10. The molecule has 3 rings (SSSR count). The monoisotopic (exact) mass is 294 g/mol. The van der Waals surface area contributed by atoms with Crippen LogP contribution in [0.2, 0.25) is 0 Å². The molecule has 0 saturated carbocycles. The van der Waals surface area contributed by atoms with Crippen LogP contribution in [0.4, 0.5) is 0 Å². The van der Waals surface area contributed by atoms with E-state index < -0.39 is 6.10 Å². The van der Waals surface area contributed by atoms with Gasteiger partial charge < -0.3 is 14.8 Å². The molecule has 1 N–H and O–H groups in total. The summed E-state index contributed by atoms with van der Waals surface area (Å²) >= 11 is 1.80. The van der Waals surface area contributed by atoms with E-state index in [0.717, 1.165) is 38.1 Å². The Morgan fingerprint density at radius 1 is 1.30 bits per heavy atom. The molecule has 5 heteroatoms. The van der Waals surface area contributed by atoms with E-state index in [4.69, 9.17) is 4.84 Å². The highest BCUT2D eigenvalue weighted by Crippen LogP contribution is 2.26. The van der Waals surface area contributed by atoms with Crippen LogP contribution >= 0.6 is 11.3 Å². The number of rotatable bonds is 5. The van der Waals surface area contributed by atoms with Gasteiger partial charge in [-0.25, -0.2) is 0 Å². The fourth-order valence-corrected chi connectivity index (χ4v) is 3.90. The van der Waals surface area contributed by atoms with Gasteiger partial charge in [-0.1, -0.05) is 5.16 Å². The number of likely N-dealkylation sites (tertiary alicyclic amines) is 1. The highest BCUT2D eigenvalue weighted by Gasteiger charge is 2.18. The van der Waals surface area contributed by atoms with Gasteiger partial charge in [0.2, 0.25) is 0 Å². The molecule has 0 spiro atoms. The first-order chi connectivity index (χ1) is 9.83. The van der Waals surface area contributed by atoms with E-state index in [1.165, 1.54) is 23.3 Å². The molecule has 2 aliphatic rings. The number of aryl methyl sites for hydroxylation is 1. The summed E-state index contributed by atoms with van der Waals surface area (Å²) in [5, 5.41) is 16.3. The van der Waals surface area contributed by atoms with E-state index >= 15 is 0 Å². The molecule has 0 aromatic carbocycles. The predicted molar refractivity (Wildman–Crippen MR) is 81.4 cm³/mol. The van der Waals surface area contributed by atoms with Crippen molar-refractivity contribution in [2.24, 2.45) is 5.16 Å². The van der Waals surface area contributed by atoms with Crippen LogP contribution < -0.4 is 0 Å². The standard InChI is InChI=1S/C15H22N2O2S/c18-12(10-17-7-1-2-8-17)11-19-16-14-4-3-5-15-13(14)6-9-20-15/h6,9,12,18H,1-5,7-8,10-11H2/b16-14+. The smallest absolute Gasteiger partial charge is 0.144 e. The average molecular weight is 294 g/mol. The quantitative estimate of drug-likeness (QED) is 0.847. The Hall–Kier alpha value is -0.910. The van der Waals surface area contributed by atoms with Gasteiger partial charge in [0, 0.05) is 17.0 Å². The maximum absolute atomic E-state index is 9.96. The Balaban J connectivity index is 1.48. The van der Waals surface area contributed by atoms with Gasteiger partial charge in [0.25, 0.3) is 0 Å². The minimum absolute atomic E-state index is 0.291. The summed E-state index contributed by atoms with van der Waals surface area (Å²) in [6.07, 6.45) is 5.33. The van der Waals surface area contributed by atoms with Crippen molar-refractivity contribution in [3.63, 3.8) is 0 Å². The van der Waals surface area contributed by atoms with Crippen LogP contribution in [0.3, 0.4) is 0 Å². The van der Waals surface area contributed by atoms with Crippen molar-refractivity contribution in [2.45, 2.75) is 38.2 Å². The molecule has 1 aliphatic carbocycles. The fourth-order valence-electron chi connectivity index (χ4n) is 2.95. The first-order valence-corrected chi connectivity index (χ1v) is 8.37. The summed E-state index contributed by atoms with van der Waals surface area (Å²) in [4.78, 5) is 9.09. The van der Waals surface area contributed by atoms with Gasteiger partial charge in [0.1, 0.15) is 12.7 Å². The average Bonchev–Trinajstić information content (AvgIpc) is 3.09. The largest absolute Gasteiger partial charge is 0.393 e. The van der Waals surface area contributed by atoms with Gasteiger partial charge in [-0.05, 0) is 56.6 Å². The zero-order valence-corrected chi connectivity index (χ0v) is 12.6. The van der Waals surface area contributed by atoms with Crippen molar-refractivity contribution >= 4 is 17.0 Å². The number of β-amino-alcohol motifs (C(OH)–C–C–N with tert-alkyl or cyclic N) is 1. The molecule has 4 nitrogen and oxygen atoms in total. The number of oxime groups is 1. The van der Waals surface area contributed by atoms with E-state index in [-0.39, 0.29) is 0 Å². The second kappa shape index (κ2) is 6.70. The molecular weight excluding hydrogens is 272 g/mol. The minimum Gasteiger partial charge on any atom is -0.393 e. The summed E-state index contributed by atoms with van der Waals surface area (Å²) in [7, 11) is 0. The van der Waals surface area contributed by atoms with Crippen LogP contribution in [-0.2, 0) is 11.3 Å². The van der Waals surface area contributed by atoms with Crippen LogP contribution in [0.15, 0.2) is 16.6 Å². The summed E-state index contributed by atoms with van der Waals surface area (Å²) < 4.78 is 0. The lowest BCUT2D eigenvalue weighted by Gasteiger charge is -2.18. The molecule has 1 atom stereocenters. The second-order valence-corrected chi connectivity index (χ2v) is 6.61. The number of thiophene rings is 1. The summed E-state index contributed by atoms with van der Waals surface area (Å²) in [5.74, 6) is 0. The van der Waals surface area contributed by atoms with E-state index in [0.29, 0.717) is 13.2 Å². The molecule has 1 unspecified atom stereocenters. The molecular formula is C15H22N2O2S. The molecule has 20 heavy (non-hydrogen) atoms. The van der Waals surface area contributed by atoms with Gasteiger partial charge in [-0.15, -0.1) is 11.3 Å². The van der Waals surface area contributed by atoms with Gasteiger partial charge in [-0.2, -0.15) is 0 Å². The highest BCUT2D eigenvalue weighted by atomic mass is 32.1. The van der Waals surface area contributed by atoms with Crippen molar-refractivity contribution in [3.05, 3.63) is 21.9 Å². The fraction of sp³-hybridized carbons (Fsp3) is 0.667. The van der Waals surface area contributed by atoms with Crippen molar-refractivity contribution in [3.8, 4) is 0 Å². The Labute approximate surface area is 124 Å². The third-order valence-corrected chi connectivity index (χ3v) is 4.96. The van der Waals surface area contributed by atoms with Gasteiger partial charge in [0.15, 0.2) is 0 Å². The molecule has 1 saturated heterocycles. The number of nitrogens with zero attached hydrogens (tertiary/aromatic N) is 2. The number of aliphatic hydroxyl groups excluding tert-OH is 1. The lowest BCUT2D eigenvalue weighted by atomic mass is 9.97. The Bertz CT molecular complexity index is 466. The molecule has 1 aromatic heterocycles. The van der Waals surface area contributed by atoms with Crippen molar-refractivity contribution in [2.75, 3.05) is 26.2 Å². The molecule has 1 aliphatic heterocycles. The van der Waals surface area contributed by atoms with Crippen LogP contribution in [0.5, 0.6) is 0 Å². The van der Waals surface area contributed by atoms with Crippen molar-refractivity contribution in [1.82, 2.24) is 4.90 Å². The summed E-state index contributed by atoms with van der Waals surface area (Å²) in [6.45, 7) is 3.20. The third kappa shape index (κ3) is 3.40. The van der Waals surface area contributed by atoms with Gasteiger partial charge >= 0.3 is 0 Å². The maximum Gasteiger partial charge on any atom is 0.144 e. The molecule has 1 aromatic rings. The number of fused-ring (bicyclic) bond motifs is 1.